The predicted octanol–water partition coefficient (Wildman–Crippen LogP) is 3.18. The van der Waals surface area contributed by atoms with E-state index in [9.17, 15) is 0 Å². The second-order valence-corrected chi connectivity index (χ2v) is 7.39. The zero-order chi connectivity index (χ0) is 17.8. The van der Waals surface area contributed by atoms with E-state index < -0.39 is 0 Å². The van der Waals surface area contributed by atoms with E-state index in [0.717, 1.165) is 57.0 Å². The molecule has 1 aliphatic heterocycles. The van der Waals surface area contributed by atoms with Gasteiger partial charge in [0.1, 0.15) is 5.82 Å². The van der Waals surface area contributed by atoms with Crippen molar-refractivity contribution in [2.75, 3.05) is 36.8 Å². The van der Waals surface area contributed by atoms with Gasteiger partial charge in [-0.25, -0.2) is 4.98 Å². The number of anilines is 2. The number of nitrogens with one attached hydrogen (secondary N) is 1. The molecule has 0 saturated carbocycles. The first kappa shape index (κ1) is 17.3. The molecule has 0 bridgehead atoms. The molecule has 0 atom stereocenters. The quantitative estimate of drug-likeness (QED) is 0.826. The highest BCUT2D eigenvalue weighted by Gasteiger charge is 2.23. The van der Waals surface area contributed by atoms with Crippen LogP contribution in [0.1, 0.15) is 43.2 Å². The van der Waals surface area contributed by atoms with Gasteiger partial charge in [0, 0.05) is 24.2 Å². The normalized spacial score (nSPS) is 18.5. The van der Waals surface area contributed by atoms with Crippen LogP contribution in [-0.4, -0.2) is 36.1 Å². The first-order valence-corrected chi connectivity index (χ1v) is 10.0. The summed E-state index contributed by atoms with van der Waals surface area (Å²) in [6.45, 7) is 4.33. The Morgan fingerprint density at radius 3 is 2.46 bits per heavy atom. The summed E-state index contributed by atoms with van der Waals surface area (Å²) in [6, 6.07) is 8.62. The topological polar surface area (TPSA) is 67.1 Å². The van der Waals surface area contributed by atoms with Crippen LogP contribution in [0.5, 0.6) is 0 Å². The van der Waals surface area contributed by atoms with E-state index in [1.165, 1.54) is 42.4 Å². The number of rotatable bonds is 1. The highest BCUT2D eigenvalue weighted by atomic mass is 15.2. The van der Waals surface area contributed by atoms with E-state index in [-0.39, 0.29) is 0 Å². The van der Waals surface area contributed by atoms with Gasteiger partial charge in [-0.2, -0.15) is 4.98 Å². The molecular formula is C21H29N5. The van der Waals surface area contributed by atoms with Crippen LogP contribution in [-0.2, 0) is 12.8 Å². The maximum absolute atomic E-state index is 6.16. The van der Waals surface area contributed by atoms with Gasteiger partial charge >= 0.3 is 0 Å². The number of aromatic nitrogens is 2. The molecular weight excluding hydrogens is 322 g/mol. The lowest BCUT2D eigenvalue weighted by atomic mass is 10.0. The summed E-state index contributed by atoms with van der Waals surface area (Å²) in [4.78, 5) is 11.9. The van der Waals surface area contributed by atoms with Crippen molar-refractivity contribution in [2.24, 2.45) is 0 Å². The van der Waals surface area contributed by atoms with E-state index in [0.29, 0.717) is 5.95 Å². The summed E-state index contributed by atoms with van der Waals surface area (Å²) in [6.07, 6.45) is 8.05. The Hall–Kier alpha value is -2.14. The summed E-state index contributed by atoms with van der Waals surface area (Å²) in [5.74, 6) is 1.48. The van der Waals surface area contributed by atoms with Crippen molar-refractivity contribution in [1.82, 2.24) is 15.3 Å². The van der Waals surface area contributed by atoms with Gasteiger partial charge in [0.2, 0.25) is 5.95 Å². The molecule has 26 heavy (non-hydrogen) atoms. The molecule has 1 aromatic heterocycles. The summed E-state index contributed by atoms with van der Waals surface area (Å²) in [7, 11) is 0. The molecule has 2 heterocycles. The fraction of sp³-hybridized carbons (Fsp3) is 0.524. The van der Waals surface area contributed by atoms with Crippen molar-refractivity contribution in [2.45, 2.75) is 44.9 Å². The summed E-state index contributed by atoms with van der Waals surface area (Å²) in [5, 5.41) is 3.52. The number of nitrogens with zero attached hydrogens (tertiary/aromatic N) is 3. The van der Waals surface area contributed by atoms with Gasteiger partial charge in [0.15, 0.2) is 0 Å². The van der Waals surface area contributed by atoms with E-state index in [4.69, 9.17) is 10.7 Å². The van der Waals surface area contributed by atoms with Gasteiger partial charge in [0.05, 0.1) is 5.69 Å². The van der Waals surface area contributed by atoms with Crippen molar-refractivity contribution in [3.63, 3.8) is 0 Å². The molecule has 0 radical (unpaired) electrons. The SMILES string of the molecule is Nc1nc2c(c(N3CCCCNCCCC3)n1)CCCc1ccccc1-2. The van der Waals surface area contributed by atoms with Crippen molar-refractivity contribution in [1.29, 1.82) is 0 Å². The number of hydrogen-bond donors (Lipinski definition) is 2. The second-order valence-electron chi connectivity index (χ2n) is 7.39. The fourth-order valence-corrected chi connectivity index (χ4v) is 4.18. The van der Waals surface area contributed by atoms with Crippen LogP contribution in [0.25, 0.3) is 11.3 Å². The zero-order valence-electron chi connectivity index (χ0n) is 15.5. The van der Waals surface area contributed by atoms with Crippen LogP contribution in [0, 0.1) is 0 Å². The van der Waals surface area contributed by atoms with Gasteiger partial charge in [-0.15, -0.1) is 0 Å². The molecule has 0 amide bonds. The van der Waals surface area contributed by atoms with E-state index in [1.807, 2.05) is 0 Å². The molecule has 1 fully saturated rings. The largest absolute Gasteiger partial charge is 0.368 e. The van der Waals surface area contributed by atoms with Crippen LogP contribution in [0.15, 0.2) is 24.3 Å². The summed E-state index contributed by atoms with van der Waals surface area (Å²) in [5.41, 5.74) is 11.1. The van der Waals surface area contributed by atoms with Crippen molar-refractivity contribution in [3.8, 4) is 11.3 Å². The zero-order valence-corrected chi connectivity index (χ0v) is 15.5. The Morgan fingerprint density at radius 2 is 1.65 bits per heavy atom. The molecule has 1 aromatic carbocycles. The molecule has 2 aliphatic rings. The summed E-state index contributed by atoms with van der Waals surface area (Å²) < 4.78 is 0. The lowest BCUT2D eigenvalue weighted by molar-refractivity contribution is 0.551. The number of aryl methyl sites for hydroxylation is 1. The Labute approximate surface area is 156 Å². The fourth-order valence-electron chi connectivity index (χ4n) is 4.18. The van der Waals surface area contributed by atoms with Crippen LogP contribution >= 0.6 is 0 Å². The van der Waals surface area contributed by atoms with E-state index in [1.54, 1.807) is 0 Å². The Morgan fingerprint density at radius 1 is 0.885 bits per heavy atom. The minimum Gasteiger partial charge on any atom is -0.368 e. The lowest BCUT2D eigenvalue weighted by Crippen LogP contribution is -2.31. The Balaban J connectivity index is 1.74. The molecule has 0 unspecified atom stereocenters. The average molecular weight is 351 g/mol. The lowest BCUT2D eigenvalue weighted by Gasteiger charge is -2.28. The molecule has 5 nitrogen and oxygen atoms in total. The molecule has 4 rings (SSSR count). The maximum atomic E-state index is 6.16. The molecule has 1 aliphatic carbocycles. The van der Waals surface area contributed by atoms with Crippen LogP contribution in [0.3, 0.4) is 0 Å². The number of fused-ring (bicyclic) bond motifs is 3. The first-order valence-electron chi connectivity index (χ1n) is 10.0. The first-order chi connectivity index (χ1) is 12.8. The minimum absolute atomic E-state index is 0.397. The van der Waals surface area contributed by atoms with Crippen LogP contribution in [0.2, 0.25) is 0 Å². The molecule has 2 aromatic rings. The van der Waals surface area contributed by atoms with Crippen molar-refractivity contribution < 1.29 is 0 Å². The van der Waals surface area contributed by atoms with Gasteiger partial charge in [-0.05, 0) is 63.6 Å². The molecule has 1 saturated heterocycles. The third kappa shape index (κ3) is 3.68. The van der Waals surface area contributed by atoms with Crippen molar-refractivity contribution >= 4 is 11.8 Å². The van der Waals surface area contributed by atoms with E-state index >= 15 is 0 Å². The maximum Gasteiger partial charge on any atom is 0.222 e. The summed E-state index contributed by atoms with van der Waals surface area (Å²) >= 11 is 0. The minimum atomic E-state index is 0.397. The molecule has 0 spiro atoms. The van der Waals surface area contributed by atoms with Gasteiger partial charge < -0.3 is 16.0 Å². The monoisotopic (exact) mass is 351 g/mol. The Bertz CT molecular complexity index is 748. The van der Waals surface area contributed by atoms with E-state index in [2.05, 4.69) is 39.5 Å². The van der Waals surface area contributed by atoms with Crippen LogP contribution < -0.4 is 16.0 Å². The Kier molecular flexibility index (Phi) is 5.34. The van der Waals surface area contributed by atoms with Gasteiger partial charge in [-0.1, -0.05) is 24.3 Å². The molecule has 138 valence electrons. The highest BCUT2D eigenvalue weighted by molar-refractivity contribution is 5.74. The average Bonchev–Trinajstić information content (AvgIpc) is 2.85. The van der Waals surface area contributed by atoms with Gasteiger partial charge in [0.25, 0.3) is 0 Å². The number of benzene rings is 1. The predicted molar refractivity (Wildman–Crippen MR) is 107 cm³/mol. The molecule has 3 N–H and O–H groups in total. The number of nitrogens with two attached hydrogens (primary N) is 1. The number of nitrogen functional groups attached to an aromatic ring is 1. The van der Waals surface area contributed by atoms with Crippen LogP contribution in [0.4, 0.5) is 11.8 Å². The second kappa shape index (κ2) is 8.04. The molecule has 5 heteroatoms. The van der Waals surface area contributed by atoms with Gasteiger partial charge in [-0.3, -0.25) is 0 Å². The highest BCUT2D eigenvalue weighted by Crippen LogP contribution is 2.36. The third-order valence-corrected chi connectivity index (χ3v) is 5.51. The number of hydrogen-bond acceptors (Lipinski definition) is 5. The standard InChI is InChI=1S/C21H29N5/c22-21-24-19-17-10-2-1-8-16(17)9-7-11-18(19)20(25-21)26-14-5-3-12-23-13-4-6-15-26/h1-2,8,10,23H,3-7,9,11-15H2,(H2,22,24,25). The third-order valence-electron chi connectivity index (χ3n) is 5.51. The smallest absolute Gasteiger partial charge is 0.222 e. The van der Waals surface area contributed by atoms with Crippen molar-refractivity contribution in [3.05, 3.63) is 35.4 Å².